The molecule has 0 fully saturated rings. The highest BCUT2D eigenvalue weighted by atomic mass is 32.1. The number of thiazole rings is 1. The van der Waals surface area contributed by atoms with E-state index in [9.17, 15) is 0 Å². The Morgan fingerprint density at radius 1 is 0.969 bits per heavy atom. The van der Waals surface area contributed by atoms with Crippen molar-refractivity contribution < 1.29 is 14.7 Å². The Kier molecular flexibility index (Phi) is 8.50. The predicted octanol–water partition coefficient (Wildman–Crippen LogP) is 5.96. The number of nitrogens with two attached hydrogens (primary N) is 1. The van der Waals surface area contributed by atoms with Crippen molar-refractivity contribution >= 4 is 17.2 Å². The van der Waals surface area contributed by atoms with Gasteiger partial charge in [0.1, 0.15) is 11.5 Å². The molecule has 0 aliphatic rings. The van der Waals surface area contributed by atoms with Crippen molar-refractivity contribution in [3.8, 4) is 22.8 Å². The Hall–Kier alpha value is -3.06. The molecule has 0 radical (unpaired) electrons. The van der Waals surface area contributed by atoms with Crippen molar-refractivity contribution in [2.45, 2.75) is 46.0 Å². The number of benzene rings is 2. The molecule has 0 amide bonds. The second-order valence-electron chi connectivity index (χ2n) is 7.90. The van der Waals surface area contributed by atoms with Gasteiger partial charge in [0.15, 0.2) is 5.84 Å². The number of aromatic nitrogens is 1. The molecule has 0 saturated heterocycles. The highest BCUT2D eigenvalue weighted by Gasteiger charge is 2.12. The topological polar surface area (TPSA) is 90.0 Å². The van der Waals surface area contributed by atoms with Crippen LogP contribution in [-0.2, 0) is 0 Å². The molecule has 1 heterocycles. The molecular formula is C25H31N3O3S. The zero-order chi connectivity index (χ0) is 22.9. The van der Waals surface area contributed by atoms with E-state index >= 15 is 0 Å². The molecule has 0 aliphatic heterocycles. The zero-order valence-corrected chi connectivity index (χ0v) is 19.7. The van der Waals surface area contributed by atoms with Crippen LogP contribution in [0.3, 0.4) is 0 Å². The second-order valence-corrected chi connectivity index (χ2v) is 9.14. The van der Waals surface area contributed by atoms with Crippen LogP contribution in [0.25, 0.3) is 11.3 Å². The van der Waals surface area contributed by atoms with Crippen LogP contribution in [0.15, 0.2) is 53.7 Å². The maximum atomic E-state index is 8.68. The summed E-state index contributed by atoms with van der Waals surface area (Å²) in [6.07, 6.45) is 2.94. The first-order valence-electron chi connectivity index (χ1n) is 10.9. The van der Waals surface area contributed by atoms with Gasteiger partial charge >= 0.3 is 0 Å². The molecule has 0 bridgehead atoms. The molecule has 32 heavy (non-hydrogen) atoms. The summed E-state index contributed by atoms with van der Waals surface area (Å²) in [4.78, 5) is 6.05. The van der Waals surface area contributed by atoms with E-state index in [-0.39, 0.29) is 5.84 Å². The van der Waals surface area contributed by atoms with E-state index < -0.39 is 0 Å². The molecule has 0 atom stereocenters. The van der Waals surface area contributed by atoms with Gasteiger partial charge in [-0.25, -0.2) is 4.98 Å². The molecule has 7 heteroatoms. The molecule has 0 unspecified atom stereocenters. The maximum Gasteiger partial charge on any atom is 0.170 e. The minimum Gasteiger partial charge on any atom is -0.494 e. The van der Waals surface area contributed by atoms with E-state index in [0.717, 1.165) is 42.0 Å². The summed E-state index contributed by atoms with van der Waals surface area (Å²) in [5.74, 6) is 2.19. The first-order chi connectivity index (χ1) is 15.5. The second kappa shape index (κ2) is 11.5. The van der Waals surface area contributed by atoms with Gasteiger partial charge in [-0.15, -0.1) is 11.3 Å². The van der Waals surface area contributed by atoms with Gasteiger partial charge in [-0.1, -0.05) is 19.0 Å². The van der Waals surface area contributed by atoms with Crippen LogP contribution < -0.4 is 15.2 Å². The molecule has 0 saturated carbocycles. The van der Waals surface area contributed by atoms with Crippen molar-refractivity contribution in [1.82, 2.24) is 4.98 Å². The van der Waals surface area contributed by atoms with Gasteiger partial charge in [-0.05, 0) is 74.7 Å². The van der Waals surface area contributed by atoms with E-state index in [4.69, 9.17) is 25.4 Å². The Morgan fingerprint density at radius 3 is 2.03 bits per heavy atom. The fourth-order valence-electron chi connectivity index (χ4n) is 3.18. The van der Waals surface area contributed by atoms with Crippen LogP contribution in [0, 0.1) is 6.92 Å². The van der Waals surface area contributed by atoms with Crippen LogP contribution in [-0.4, -0.2) is 29.2 Å². The predicted molar refractivity (Wildman–Crippen MR) is 130 cm³/mol. The Balaban J connectivity index is 1.35. The van der Waals surface area contributed by atoms with E-state index in [1.807, 2.05) is 24.3 Å². The van der Waals surface area contributed by atoms with Crippen molar-refractivity contribution in [3.63, 3.8) is 0 Å². The summed E-state index contributed by atoms with van der Waals surface area (Å²) in [6, 6.07) is 15.4. The van der Waals surface area contributed by atoms with Crippen LogP contribution >= 0.6 is 11.3 Å². The number of hydrogen-bond donors (Lipinski definition) is 2. The van der Waals surface area contributed by atoms with E-state index in [1.54, 1.807) is 23.5 Å². The number of ether oxygens (including phenoxy) is 2. The van der Waals surface area contributed by atoms with Gasteiger partial charge in [0.2, 0.25) is 0 Å². The molecule has 3 N–H and O–H groups in total. The first-order valence-corrected chi connectivity index (χ1v) is 11.7. The summed E-state index contributed by atoms with van der Waals surface area (Å²) < 4.78 is 11.6. The zero-order valence-electron chi connectivity index (χ0n) is 18.9. The lowest BCUT2D eigenvalue weighted by atomic mass is 10.1. The summed E-state index contributed by atoms with van der Waals surface area (Å²) >= 11 is 1.77. The average Bonchev–Trinajstić information content (AvgIpc) is 3.20. The normalized spacial score (nSPS) is 11.7. The fraction of sp³-hybridized carbons (Fsp3) is 0.360. The van der Waals surface area contributed by atoms with Crippen LogP contribution in [0.5, 0.6) is 11.5 Å². The Labute approximate surface area is 193 Å². The Bertz CT molecular complexity index is 1010. The average molecular weight is 454 g/mol. The minimum atomic E-state index is 0.0877. The monoisotopic (exact) mass is 453 g/mol. The van der Waals surface area contributed by atoms with Crippen molar-refractivity contribution in [3.05, 3.63) is 64.0 Å². The summed E-state index contributed by atoms with van der Waals surface area (Å²) in [6.45, 7) is 7.80. The highest BCUT2D eigenvalue weighted by Crippen LogP contribution is 2.31. The molecule has 170 valence electrons. The molecule has 0 spiro atoms. The lowest BCUT2D eigenvalue weighted by Crippen LogP contribution is -2.12. The summed E-state index contributed by atoms with van der Waals surface area (Å²) in [5.41, 5.74) is 8.42. The fourth-order valence-corrected chi connectivity index (χ4v) is 4.13. The smallest absolute Gasteiger partial charge is 0.170 e. The lowest BCUT2D eigenvalue weighted by molar-refractivity contribution is 0.279. The SMILES string of the molecule is Cc1sc(C(C)C)nc1-c1ccc(OCCCCCOc2ccc(C(N)=NO)cc2)cc1. The van der Waals surface area contributed by atoms with Crippen molar-refractivity contribution in [2.75, 3.05) is 13.2 Å². The molecule has 3 rings (SSSR count). The van der Waals surface area contributed by atoms with Crippen LogP contribution in [0.1, 0.15) is 54.5 Å². The first kappa shape index (κ1) is 23.6. The maximum absolute atomic E-state index is 8.68. The van der Waals surface area contributed by atoms with Crippen molar-refractivity contribution in [2.24, 2.45) is 10.9 Å². The molecule has 6 nitrogen and oxygen atoms in total. The van der Waals surface area contributed by atoms with Crippen LogP contribution in [0.4, 0.5) is 0 Å². The van der Waals surface area contributed by atoms with E-state index in [0.29, 0.717) is 24.7 Å². The molecule has 0 aliphatic carbocycles. The molecule has 1 aromatic heterocycles. The largest absolute Gasteiger partial charge is 0.494 e. The third-order valence-corrected chi connectivity index (χ3v) is 6.29. The summed E-state index contributed by atoms with van der Waals surface area (Å²) in [7, 11) is 0. The van der Waals surface area contributed by atoms with Gasteiger partial charge < -0.3 is 20.4 Å². The lowest BCUT2D eigenvalue weighted by Gasteiger charge is -2.08. The Morgan fingerprint density at radius 2 is 1.53 bits per heavy atom. The number of amidine groups is 1. The van der Waals surface area contributed by atoms with Gasteiger partial charge in [-0.2, -0.15) is 0 Å². The molecule has 2 aromatic carbocycles. The van der Waals surface area contributed by atoms with Crippen LogP contribution in [0.2, 0.25) is 0 Å². The number of hydrogen-bond acceptors (Lipinski definition) is 6. The summed E-state index contributed by atoms with van der Waals surface area (Å²) in [5, 5.41) is 12.8. The van der Waals surface area contributed by atoms with E-state index in [2.05, 4.69) is 38.1 Å². The number of oxime groups is 1. The third-order valence-electron chi connectivity index (χ3n) is 5.02. The third kappa shape index (κ3) is 6.47. The number of unbranched alkanes of at least 4 members (excludes halogenated alkanes) is 2. The molecule has 3 aromatic rings. The van der Waals surface area contributed by atoms with Gasteiger partial charge in [0, 0.05) is 21.9 Å². The molecular weight excluding hydrogens is 422 g/mol. The standard InChI is InChI=1S/C25H31N3O3S/c1-17(2)25-27-23(18(3)32-25)19-7-11-21(12-8-19)30-15-5-4-6-16-31-22-13-9-20(10-14-22)24(26)28-29/h7-14,17,29H,4-6,15-16H2,1-3H3,(H2,26,28). The van der Waals surface area contributed by atoms with Gasteiger partial charge in [0.25, 0.3) is 0 Å². The minimum absolute atomic E-state index is 0.0877. The highest BCUT2D eigenvalue weighted by molar-refractivity contribution is 7.12. The quantitative estimate of drug-likeness (QED) is 0.123. The van der Waals surface area contributed by atoms with E-state index in [1.165, 1.54) is 9.88 Å². The number of rotatable bonds is 11. The van der Waals surface area contributed by atoms with Crippen molar-refractivity contribution in [1.29, 1.82) is 0 Å². The van der Waals surface area contributed by atoms with Gasteiger partial charge in [0.05, 0.1) is 23.9 Å². The number of aryl methyl sites for hydroxylation is 1. The number of nitrogens with zero attached hydrogens (tertiary/aromatic N) is 2. The van der Waals surface area contributed by atoms with Gasteiger partial charge in [-0.3, -0.25) is 0 Å².